The third-order valence-corrected chi connectivity index (χ3v) is 5.45. The molecule has 0 bridgehead atoms. The molecule has 0 spiro atoms. The zero-order valence-corrected chi connectivity index (χ0v) is 17.6. The molecule has 146 valence electrons. The zero-order valence-electron chi connectivity index (χ0n) is 16.8. The maximum atomic E-state index is 9.32. The smallest absolute Gasteiger partial charge is 0.158 e. The molecule has 0 aliphatic heterocycles. The highest BCUT2D eigenvalue weighted by Crippen LogP contribution is 2.36. The van der Waals surface area contributed by atoms with E-state index in [1.807, 2.05) is 19.1 Å². The fourth-order valence-corrected chi connectivity index (χ4v) is 3.62. The van der Waals surface area contributed by atoms with Gasteiger partial charge in [0.2, 0.25) is 0 Å². The first kappa shape index (κ1) is 21.6. The zero-order chi connectivity index (χ0) is 20.5. The second-order valence-corrected chi connectivity index (χ2v) is 7.32. The molecule has 0 N–H and O–H groups in total. The molecule has 7 heteroatoms. The molecule has 0 saturated carbocycles. The van der Waals surface area contributed by atoms with Crippen LogP contribution in [0.3, 0.4) is 0 Å². The van der Waals surface area contributed by atoms with Crippen molar-refractivity contribution in [3.05, 3.63) is 39.8 Å². The fourth-order valence-electron chi connectivity index (χ4n) is 2.75. The number of rotatable bonds is 9. The number of azo groups is 1. The Morgan fingerprint density at radius 1 is 1.11 bits per heavy atom. The molecule has 0 radical (unpaired) electrons. The van der Waals surface area contributed by atoms with Gasteiger partial charge in [-0.05, 0) is 56.5 Å². The lowest BCUT2D eigenvalue weighted by molar-refractivity contribution is 0.141. The number of hydrogen-bond donors (Lipinski definition) is 0. The van der Waals surface area contributed by atoms with Gasteiger partial charge < -0.3 is 9.64 Å². The molecular weight excluding hydrogens is 370 g/mol. The molecule has 1 aromatic carbocycles. The monoisotopic (exact) mass is 395 g/mol. The average molecular weight is 396 g/mol. The van der Waals surface area contributed by atoms with Crippen LogP contribution in [0.5, 0.6) is 0 Å². The van der Waals surface area contributed by atoms with Gasteiger partial charge in [0.15, 0.2) is 5.00 Å². The summed E-state index contributed by atoms with van der Waals surface area (Å²) in [5.74, 6) is 0. The number of benzene rings is 1. The molecule has 1 aromatic heterocycles. The minimum atomic E-state index is 0.420. The van der Waals surface area contributed by atoms with Gasteiger partial charge >= 0.3 is 0 Å². The van der Waals surface area contributed by atoms with Crippen LogP contribution in [-0.2, 0) is 4.74 Å². The number of anilines is 1. The van der Waals surface area contributed by atoms with Crippen molar-refractivity contribution in [2.75, 3.05) is 31.2 Å². The van der Waals surface area contributed by atoms with Crippen molar-refractivity contribution in [3.63, 3.8) is 0 Å². The molecule has 28 heavy (non-hydrogen) atoms. The predicted molar refractivity (Wildman–Crippen MR) is 113 cm³/mol. The van der Waals surface area contributed by atoms with Crippen LogP contribution < -0.4 is 4.90 Å². The molecule has 6 nitrogen and oxygen atoms in total. The van der Waals surface area contributed by atoms with Crippen LogP contribution in [0.1, 0.15) is 41.8 Å². The minimum absolute atomic E-state index is 0.420. The van der Waals surface area contributed by atoms with E-state index in [9.17, 15) is 5.26 Å². The second-order valence-electron chi connectivity index (χ2n) is 6.32. The topological polar surface area (TPSA) is 84.8 Å². The Hall–Kier alpha value is -2.74. The minimum Gasteiger partial charge on any atom is -0.380 e. The lowest BCUT2D eigenvalue weighted by Gasteiger charge is -2.23. The molecule has 1 heterocycles. The average Bonchev–Trinajstić information content (AvgIpc) is 3.01. The van der Waals surface area contributed by atoms with E-state index in [4.69, 9.17) is 10.00 Å². The van der Waals surface area contributed by atoms with Crippen LogP contribution in [0.15, 0.2) is 28.4 Å². The Balaban J connectivity index is 2.18. The maximum absolute atomic E-state index is 9.32. The van der Waals surface area contributed by atoms with Gasteiger partial charge in [-0.3, -0.25) is 0 Å². The number of aryl methyl sites for hydroxylation is 1. The van der Waals surface area contributed by atoms with Crippen LogP contribution >= 0.6 is 11.3 Å². The molecular formula is C21H25N5OS. The number of nitriles is 2. The summed E-state index contributed by atoms with van der Waals surface area (Å²) in [6.07, 6.45) is 1.03. The largest absolute Gasteiger partial charge is 0.380 e. The number of ether oxygens (including phenoxy) is 1. The van der Waals surface area contributed by atoms with Crippen LogP contribution in [0.4, 0.5) is 16.4 Å². The number of hydrogen-bond acceptors (Lipinski definition) is 7. The van der Waals surface area contributed by atoms with E-state index in [-0.39, 0.29) is 0 Å². The Morgan fingerprint density at radius 2 is 1.89 bits per heavy atom. The summed E-state index contributed by atoms with van der Waals surface area (Å²) in [6.45, 7) is 11.2. The van der Waals surface area contributed by atoms with Gasteiger partial charge in [-0.25, -0.2) is 0 Å². The van der Waals surface area contributed by atoms with Crippen LogP contribution in [0.25, 0.3) is 0 Å². The Bertz CT molecular complexity index is 920. The van der Waals surface area contributed by atoms with Crippen molar-refractivity contribution in [1.82, 2.24) is 0 Å². The van der Waals surface area contributed by atoms with Crippen LogP contribution in [0.2, 0.25) is 0 Å². The van der Waals surface area contributed by atoms with Gasteiger partial charge in [-0.1, -0.05) is 6.92 Å². The Kier molecular flexibility index (Phi) is 8.13. The van der Waals surface area contributed by atoms with Gasteiger partial charge in [0.05, 0.1) is 17.9 Å². The molecule has 2 rings (SSSR count). The van der Waals surface area contributed by atoms with Gasteiger partial charge in [0.1, 0.15) is 17.0 Å². The van der Waals surface area contributed by atoms with E-state index >= 15 is 0 Å². The fraction of sp³-hybridized carbons (Fsp3) is 0.429. The highest BCUT2D eigenvalue weighted by molar-refractivity contribution is 7.16. The highest BCUT2D eigenvalue weighted by Gasteiger charge is 2.14. The van der Waals surface area contributed by atoms with Gasteiger partial charge in [0, 0.05) is 25.4 Å². The quantitative estimate of drug-likeness (QED) is 0.398. The van der Waals surface area contributed by atoms with Crippen molar-refractivity contribution in [1.29, 1.82) is 10.5 Å². The lowest BCUT2D eigenvalue weighted by Crippen LogP contribution is -2.27. The first-order chi connectivity index (χ1) is 13.5. The number of thiophene rings is 1. The first-order valence-corrected chi connectivity index (χ1v) is 10.2. The van der Waals surface area contributed by atoms with E-state index in [2.05, 4.69) is 47.2 Å². The summed E-state index contributed by atoms with van der Waals surface area (Å²) in [7, 11) is 0. The molecule has 0 amide bonds. The summed E-state index contributed by atoms with van der Waals surface area (Å²) in [5.41, 5.74) is 3.95. The normalized spacial score (nSPS) is 10.8. The van der Waals surface area contributed by atoms with Gasteiger partial charge in [-0.2, -0.15) is 10.5 Å². The van der Waals surface area contributed by atoms with E-state index in [0.717, 1.165) is 43.1 Å². The van der Waals surface area contributed by atoms with Crippen molar-refractivity contribution in [3.8, 4) is 12.1 Å². The Morgan fingerprint density at radius 3 is 2.50 bits per heavy atom. The van der Waals surface area contributed by atoms with Crippen molar-refractivity contribution in [2.45, 2.75) is 34.1 Å². The van der Waals surface area contributed by atoms with Gasteiger partial charge in [-0.15, -0.1) is 21.6 Å². The standard InChI is InChI=1S/C21H25N5OS/c1-5-10-27-11-9-26(6-2)17-7-8-19(15(3)12-17)24-25-21-18(13-22)16(4)20(14-23)28-21/h7-8,12H,5-6,9-11H2,1-4H3. The third kappa shape index (κ3) is 5.16. The molecule has 0 atom stereocenters. The van der Waals surface area contributed by atoms with Crippen molar-refractivity contribution < 1.29 is 4.74 Å². The van der Waals surface area contributed by atoms with E-state index in [0.29, 0.717) is 27.6 Å². The van der Waals surface area contributed by atoms with Gasteiger partial charge in [0.25, 0.3) is 0 Å². The van der Waals surface area contributed by atoms with E-state index in [1.165, 1.54) is 11.3 Å². The number of nitrogens with zero attached hydrogens (tertiary/aromatic N) is 5. The second kappa shape index (κ2) is 10.6. The Labute approximate surface area is 170 Å². The summed E-state index contributed by atoms with van der Waals surface area (Å²) in [5, 5.41) is 27.5. The van der Waals surface area contributed by atoms with E-state index < -0.39 is 0 Å². The molecule has 2 aromatic rings. The SMILES string of the molecule is CCCOCCN(CC)c1ccc(N=Nc2sc(C#N)c(C)c2C#N)c(C)c1. The van der Waals surface area contributed by atoms with Crippen LogP contribution in [0, 0.1) is 36.5 Å². The highest BCUT2D eigenvalue weighted by atomic mass is 32.1. The van der Waals surface area contributed by atoms with Crippen molar-refractivity contribution >= 4 is 27.7 Å². The van der Waals surface area contributed by atoms with Crippen LogP contribution in [-0.4, -0.2) is 26.3 Å². The number of likely N-dealkylation sites (N-methyl/N-ethyl adjacent to an activating group) is 1. The maximum Gasteiger partial charge on any atom is 0.158 e. The summed E-state index contributed by atoms with van der Waals surface area (Å²) in [4.78, 5) is 2.76. The third-order valence-electron chi connectivity index (χ3n) is 4.37. The lowest BCUT2D eigenvalue weighted by atomic mass is 10.1. The first-order valence-electron chi connectivity index (χ1n) is 9.34. The van der Waals surface area contributed by atoms with E-state index in [1.54, 1.807) is 6.92 Å². The molecule has 0 aliphatic carbocycles. The summed E-state index contributed by atoms with van der Waals surface area (Å²) >= 11 is 1.19. The molecule has 0 fully saturated rings. The summed E-state index contributed by atoms with van der Waals surface area (Å²) in [6, 6.07) is 10.3. The predicted octanol–water partition coefficient (Wildman–Crippen LogP) is 5.78. The summed E-state index contributed by atoms with van der Waals surface area (Å²) < 4.78 is 5.60. The molecule has 0 unspecified atom stereocenters. The van der Waals surface area contributed by atoms with Crippen molar-refractivity contribution in [2.24, 2.45) is 10.2 Å². The molecule has 0 aliphatic rings. The molecule has 0 saturated heterocycles.